The van der Waals surface area contributed by atoms with Crippen LogP contribution in [0.3, 0.4) is 0 Å². The van der Waals surface area contributed by atoms with Crippen LogP contribution in [0.5, 0.6) is 0 Å². The van der Waals surface area contributed by atoms with E-state index in [1.54, 1.807) is 16.9 Å². The highest BCUT2D eigenvalue weighted by atomic mass is 16.5. The Bertz CT molecular complexity index is 1010. The molecule has 0 radical (unpaired) electrons. The Morgan fingerprint density at radius 2 is 2.10 bits per heavy atom. The van der Waals surface area contributed by atoms with E-state index in [1.165, 1.54) is 6.42 Å². The van der Waals surface area contributed by atoms with Crippen LogP contribution in [0.15, 0.2) is 29.6 Å². The molecule has 164 valence electrons. The number of aromatic nitrogens is 2. The van der Waals surface area contributed by atoms with Gasteiger partial charge in [-0.15, -0.1) is 0 Å². The van der Waals surface area contributed by atoms with Crippen molar-refractivity contribution >= 4 is 29.2 Å². The molecule has 2 atom stereocenters. The highest BCUT2D eigenvalue weighted by molar-refractivity contribution is 5.96. The number of rotatable bonds is 4. The van der Waals surface area contributed by atoms with Crippen LogP contribution >= 0.6 is 0 Å². The first-order valence-electron chi connectivity index (χ1n) is 11.0. The van der Waals surface area contributed by atoms with E-state index in [4.69, 9.17) is 5.73 Å². The van der Waals surface area contributed by atoms with Crippen LogP contribution in [0.1, 0.15) is 49.1 Å². The minimum atomic E-state index is -0.529. The number of aryl methyl sites for hydroxylation is 1. The second-order valence-electron chi connectivity index (χ2n) is 8.84. The molecule has 2 aliphatic heterocycles. The summed E-state index contributed by atoms with van der Waals surface area (Å²) in [6, 6.07) is 3.19. The molecule has 1 unspecified atom stereocenters. The first-order chi connectivity index (χ1) is 15.0. The molecule has 1 aromatic heterocycles. The third-order valence-corrected chi connectivity index (χ3v) is 6.67. The van der Waals surface area contributed by atoms with Gasteiger partial charge in [-0.05, 0) is 42.0 Å². The molecule has 2 aromatic rings. The molecule has 9 heteroatoms. The van der Waals surface area contributed by atoms with Crippen LogP contribution in [0.25, 0.3) is 0 Å². The van der Waals surface area contributed by atoms with Crippen molar-refractivity contribution in [2.75, 3.05) is 21.9 Å². The number of hydrogen-bond donors (Lipinski definition) is 2. The van der Waals surface area contributed by atoms with Crippen LogP contribution in [0.4, 0.5) is 17.1 Å². The van der Waals surface area contributed by atoms with E-state index in [1.807, 2.05) is 30.5 Å². The second kappa shape index (κ2) is 7.97. The van der Waals surface area contributed by atoms with Gasteiger partial charge in [-0.1, -0.05) is 19.3 Å². The number of nitrogens with two attached hydrogens (primary N) is 1. The number of anilines is 3. The maximum atomic E-state index is 12.9. The Balaban J connectivity index is 1.42. The predicted molar refractivity (Wildman–Crippen MR) is 121 cm³/mol. The van der Waals surface area contributed by atoms with Gasteiger partial charge < -0.3 is 21.3 Å². The van der Waals surface area contributed by atoms with Gasteiger partial charge in [-0.25, -0.2) is 0 Å². The van der Waals surface area contributed by atoms with Gasteiger partial charge in [0.1, 0.15) is 0 Å². The third kappa shape index (κ3) is 3.79. The smallest absolute Gasteiger partial charge is 0.241 e. The number of amides is 1. The van der Waals surface area contributed by atoms with Gasteiger partial charge in [0.25, 0.3) is 0 Å². The molecule has 1 aromatic carbocycles. The van der Waals surface area contributed by atoms with Crippen molar-refractivity contribution in [3.63, 3.8) is 0 Å². The lowest BCUT2D eigenvalue weighted by atomic mass is 9.84. The highest BCUT2D eigenvalue weighted by Gasteiger charge is 2.31. The van der Waals surface area contributed by atoms with Gasteiger partial charge in [0.2, 0.25) is 5.91 Å². The summed E-state index contributed by atoms with van der Waals surface area (Å²) in [7, 11) is 1.86. The summed E-state index contributed by atoms with van der Waals surface area (Å²) in [5.74, 6) is -0.0296. The summed E-state index contributed by atoms with van der Waals surface area (Å²) < 4.78 is 1.73. The molecular formula is C22H28N7O2-. The second-order valence-corrected chi connectivity index (χ2v) is 8.84. The Hall–Kier alpha value is -2.91. The molecular weight excluding hydrogens is 394 g/mol. The van der Waals surface area contributed by atoms with Gasteiger partial charge >= 0.3 is 0 Å². The zero-order valence-electron chi connectivity index (χ0n) is 17.7. The zero-order chi connectivity index (χ0) is 21.5. The fourth-order valence-electron chi connectivity index (χ4n) is 5.02. The molecule has 1 fully saturated rings. The van der Waals surface area contributed by atoms with Gasteiger partial charge in [0, 0.05) is 43.3 Å². The first-order valence-corrected chi connectivity index (χ1v) is 11.0. The van der Waals surface area contributed by atoms with Gasteiger partial charge in [0.05, 0.1) is 24.5 Å². The Kier molecular flexibility index (Phi) is 5.15. The summed E-state index contributed by atoms with van der Waals surface area (Å²) in [5, 5.41) is 27.3. The minimum absolute atomic E-state index is 0.0709. The maximum Gasteiger partial charge on any atom is 0.241 e. The van der Waals surface area contributed by atoms with Gasteiger partial charge in [-0.2, -0.15) is 10.2 Å². The number of benzene rings is 1. The summed E-state index contributed by atoms with van der Waals surface area (Å²) in [5.41, 5.74) is 10.3. The fourth-order valence-corrected chi connectivity index (χ4v) is 5.02. The number of hydroxylamine groups is 1. The Morgan fingerprint density at radius 3 is 2.84 bits per heavy atom. The molecule has 3 aliphatic rings. The van der Waals surface area contributed by atoms with Crippen LogP contribution in [-0.2, 0) is 18.4 Å². The van der Waals surface area contributed by atoms with Crippen molar-refractivity contribution in [2.24, 2.45) is 23.8 Å². The molecule has 3 N–H and O–H groups in total. The number of nitrogens with zero attached hydrogens (tertiary/aromatic N) is 5. The molecule has 31 heavy (non-hydrogen) atoms. The van der Waals surface area contributed by atoms with Crippen molar-refractivity contribution in [3.05, 3.63) is 40.9 Å². The summed E-state index contributed by atoms with van der Waals surface area (Å²) in [6.45, 7) is 0.818. The number of hydrazone groups is 1. The van der Waals surface area contributed by atoms with E-state index in [0.717, 1.165) is 47.6 Å². The SMILES string of the molecule is Cn1cc(N2Cc3cc(NC(=O)[C@H](N)C4CCCCC4)cc4c3C(C=N2)CN4[O-])cn1. The molecule has 5 rings (SSSR count). The average Bonchev–Trinajstić information content (AvgIpc) is 3.28. The lowest BCUT2D eigenvalue weighted by molar-refractivity contribution is -0.118. The highest BCUT2D eigenvalue weighted by Crippen LogP contribution is 2.42. The van der Waals surface area contributed by atoms with Crippen molar-refractivity contribution in [1.82, 2.24) is 9.78 Å². The molecule has 3 heterocycles. The minimum Gasteiger partial charge on any atom is -0.758 e. The van der Waals surface area contributed by atoms with Crippen LogP contribution in [0, 0.1) is 11.1 Å². The molecule has 0 saturated heterocycles. The quantitative estimate of drug-likeness (QED) is 0.783. The maximum absolute atomic E-state index is 12.9. The number of carbonyl (C=O) groups is 1. The molecule has 1 saturated carbocycles. The predicted octanol–water partition coefficient (Wildman–Crippen LogP) is 2.67. The number of hydrogen-bond acceptors (Lipinski definition) is 7. The third-order valence-electron chi connectivity index (χ3n) is 6.67. The van der Waals surface area contributed by atoms with Crippen molar-refractivity contribution < 1.29 is 4.79 Å². The standard InChI is InChI=1S/C22H28N7O2/c1-27-13-18(10-24-27)28-11-15-7-17(8-19-20(15)16(9-25-28)12-29(19)31)26-22(30)21(23)14-5-3-2-4-6-14/h7-10,13-14,16,21H,2-6,11-12,23H2,1H3,(H,26,30)/q-1/t16?,21-/m1/s1. The van der Waals surface area contributed by atoms with Crippen LogP contribution in [-0.4, -0.2) is 34.5 Å². The van der Waals surface area contributed by atoms with E-state index in [2.05, 4.69) is 15.5 Å². The van der Waals surface area contributed by atoms with Gasteiger partial charge in [0.15, 0.2) is 0 Å². The fraction of sp³-hybridized carbons (Fsp3) is 0.500. The number of carbonyl (C=O) groups excluding carboxylic acids is 1. The molecule has 1 aliphatic carbocycles. The van der Waals surface area contributed by atoms with Crippen molar-refractivity contribution in [3.8, 4) is 0 Å². The van der Waals surface area contributed by atoms with E-state index in [9.17, 15) is 10.0 Å². The largest absolute Gasteiger partial charge is 0.758 e. The van der Waals surface area contributed by atoms with Crippen molar-refractivity contribution in [2.45, 2.75) is 50.6 Å². The van der Waals surface area contributed by atoms with E-state index < -0.39 is 6.04 Å². The zero-order valence-corrected chi connectivity index (χ0v) is 17.7. The molecule has 9 nitrogen and oxygen atoms in total. The Morgan fingerprint density at radius 1 is 1.29 bits per heavy atom. The van der Waals surface area contributed by atoms with E-state index in [-0.39, 0.29) is 17.7 Å². The average molecular weight is 423 g/mol. The monoisotopic (exact) mass is 422 g/mol. The molecule has 1 amide bonds. The van der Waals surface area contributed by atoms with Crippen LogP contribution in [0.2, 0.25) is 0 Å². The van der Waals surface area contributed by atoms with Gasteiger partial charge in [-0.3, -0.25) is 14.5 Å². The van der Waals surface area contributed by atoms with E-state index in [0.29, 0.717) is 24.5 Å². The summed E-state index contributed by atoms with van der Waals surface area (Å²) in [6.07, 6.45) is 11.0. The molecule has 0 bridgehead atoms. The molecule has 0 spiro atoms. The topological polar surface area (TPSA) is 115 Å². The van der Waals surface area contributed by atoms with Crippen LogP contribution < -0.4 is 21.1 Å². The number of nitrogens with one attached hydrogen (secondary N) is 1. The lowest BCUT2D eigenvalue weighted by Crippen LogP contribution is -2.42. The lowest BCUT2D eigenvalue weighted by Gasteiger charge is -2.28. The van der Waals surface area contributed by atoms with E-state index >= 15 is 0 Å². The first kappa shape index (κ1) is 20.0. The summed E-state index contributed by atoms with van der Waals surface area (Å²) >= 11 is 0. The normalized spacial score (nSPS) is 21.7. The van der Waals surface area contributed by atoms with Crippen molar-refractivity contribution in [1.29, 1.82) is 0 Å². The Labute approximate surface area is 181 Å². The summed E-state index contributed by atoms with van der Waals surface area (Å²) in [4.78, 5) is 12.9.